The summed E-state index contributed by atoms with van der Waals surface area (Å²) in [4.78, 5) is 1.21. The highest BCUT2D eigenvalue weighted by Crippen LogP contribution is 2.25. The van der Waals surface area contributed by atoms with Crippen LogP contribution in [0.5, 0.6) is 0 Å². The molecule has 0 aliphatic carbocycles. The van der Waals surface area contributed by atoms with Crippen LogP contribution in [0.1, 0.15) is 26.7 Å². The molecule has 0 aliphatic heterocycles. The van der Waals surface area contributed by atoms with Gasteiger partial charge in [0.1, 0.15) is 0 Å². The molecule has 0 saturated heterocycles. The molecule has 0 spiro atoms. The number of halogens is 1. The van der Waals surface area contributed by atoms with Crippen LogP contribution < -0.4 is 0 Å². The monoisotopic (exact) mass is 302 g/mol. The first-order valence-corrected chi connectivity index (χ1v) is 7.51. The maximum Gasteiger partial charge on any atom is 0.0662 e. The van der Waals surface area contributed by atoms with Gasteiger partial charge in [0.05, 0.1) is 6.10 Å². The second-order valence-electron chi connectivity index (χ2n) is 3.91. The molecule has 1 aromatic rings. The molecule has 0 fully saturated rings. The molecule has 1 N–H and O–H groups in total. The van der Waals surface area contributed by atoms with E-state index >= 15 is 0 Å². The van der Waals surface area contributed by atoms with Crippen LogP contribution in [0.2, 0.25) is 0 Å². The average Bonchev–Trinajstić information content (AvgIpc) is 2.28. The number of aliphatic hydroxyl groups excluding tert-OH is 1. The molecule has 1 unspecified atom stereocenters. The van der Waals surface area contributed by atoms with Crippen molar-refractivity contribution in [1.29, 1.82) is 0 Å². The SMILES string of the molecule is CCC(CC)C(O)CSc1cccc(Br)c1. The summed E-state index contributed by atoms with van der Waals surface area (Å²) >= 11 is 5.17. The molecule has 1 atom stereocenters. The minimum absolute atomic E-state index is 0.195. The standard InChI is InChI=1S/C13H19BrOS/c1-3-10(4-2)13(15)9-16-12-7-5-6-11(14)8-12/h5-8,10,13,15H,3-4,9H2,1-2H3. The number of rotatable bonds is 6. The van der Waals surface area contributed by atoms with E-state index < -0.39 is 0 Å². The Morgan fingerprint density at radius 2 is 2.00 bits per heavy atom. The van der Waals surface area contributed by atoms with Gasteiger partial charge in [-0.3, -0.25) is 0 Å². The van der Waals surface area contributed by atoms with Crippen LogP contribution in [0.15, 0.2) is 33.6 Å². The Labute approximate surface area is 111 Å². The quantitative estimate of drug-likeness (QED) is 0.789. The Morgan fingerprint density at radius 3 is 2.56 bits per heavy atom. The fourth-order valence-electron chi connectivity index (χ4n) is 1.71. The molecule has 1 aromatic carbocycles. The first kappa shape index (κ1) is 14.1. The largest absolute Gasteiger partial charge is 0.392 e. The average molecular weight is 303 g/mol. The van der Waals surface area contributed by atoms with Crippen LogP contribution >= 0.6 is 27.7 Å². The smallest absolute Gasteiger partial charge is 0.0662 e. The number of benzene rings is 1. The summed E-state index contributed by atoms with van der Waals surface area (Å²) in [6.45, 7) is 4.28. The van der Waals surface area contributed by atoms with Crippen LogP contribution in [0.25, 0.3) is 0 Å². The van der Waals surface area contributed by atoms with E-state index in [1.165, 1.54) is 4.90 Å². The summed E-state index contributed by atoms with van der Waals surface area (Å²) in [7, 11) is 0. The lowest BCUT2D eigenvalue weighted by atomic mass is 9.98. The van der Waals surface area contributed by atoms with Crippen LogP contribution in [0.4, 0.5) is 0 Å². The Morgan fingerprint density at radius 1 is 1.31 bits per heavy atom. The van der Waals surface area contributed by atoms with Gasteiger partial charge >= 0.3 is 0 Å². The van der Waals surface area contributed by atoms with E-state index in [0.29, 0.717) is 5.92 Å². The van der Waals surface area contributed by atoms with Crippen LogP contribution in [-0.4, -0.2) is 17.0 Å². The van der Waals surface area contributed by atoms with E-state index in [-0.39, 0.29) is 6.10 Å². The molecule has 1 rings (SSSR count). The Balaban J connectivity index is 2.45. The van der Waals surface area contributed by atoms with Gasteiger partial charge in [-0.15, -0.1) is 11.8 Å². The molecule has 0 amide bonds. The summed E-state index contributed by atoms with van der Waals surface area (Å²) in [5, 5.41) is 10.0. The lowest BCUT2D eigenvalue weighted by Gasteiger charge is -2.19. The van der Waals surface area contributed by atoms with E-state index in [1.54, 1.807) is 11.8 Å². The Kier molecular flexibility index (Phi) is 6.47. The maximum atomic E-state index is 10.0. The van der Waals surface area contributed by atoms with Crippen molar-refractivity contribution < 1.29 is 5.11 Å². The Bertz CT molecular complexity index is 313. The first-order chi connectivity index (χ1) is 7.67. The topological polar surface area (TPSA) is 20.2 Å². The number of hydrogen-bond donors (Lipinski definition) is 1. The van der Waals surface area contributed by atoms with Gasteiger partial charge in [0.15, 0.2) is 0 Å². The molecule has 3 heteroatoms. The summed E-state index contributed by atoms with van der Waals surface area (Å²) in [6.07, 6.45) is 1.91. The molecule has 0 aliphatic rings. The van der Waals surface area contributed by atoms with Crippen LogP contribution in [0, 0.1) is 5.92 Å². The number of hydrogen-bond acceptors (Lipinski definition) is 2. The molecular formula is C13H19BrOS. The van der Waals surface area contributed by atoms with E-state index in [1.807, 2.05) is 12.1 Å². The van der Waals surface area contributed by atoms with Gasteiger partial charge in [-0.1, -0.05) is 48.7 Å². The second-order valence-corrected chi connectivity index (χ2v) is 5.92. The molecular weight excluding hydrogens is 284 g/mol. The van der Waals surface area contributed by atoms with Gasteiger partial charge in [-0.25, -0.2) is 0 Å². The zero-order valence-electron chi connectivity index (χ0n) is 9.82. The van der Waals surface area contributed by atoms with Crippen LogP contribution in [-0.2, 0) is 0 Å². The lowest BCUT2D eigenvalue weighted by molar-refractivity contribution is 0.125. The molecule has 0 radical (unpaired) electrons. The Hall–Kier alpha value is 0.01000. The summed E-state index contributed by atoms with van der Waals surface area (Å²) < 4.78 is 1.09. The van der Waals surface area contributed by atoms with Gasteiger partial charge in [0, 0.05) is 15.1 Å². The van der Waals surface area contributed by atoms with Gasteiger partial charge in [-0.05, 0) is 24.1 Å². The molecule has 0 bridgehead atoms. The summed E-state index contributed by atoms with van der Waals surface area (Å²) in [6, 6.07) is 8.20. The van der Waals surface area contributed by atoms with Gasteiger partial charge < -0.3 is 5.11 Å². The molecule has 90 valence electrons. The summed E-state index contributed by atoms with van der Waals surface area (Å²) in [5.74, 6) is 1.21. The fourth-order valence-corrected chi connectivity index (χ4v) is 3.28. The predicted molar refractivity (Wildman–Crippen MR) is 74.9 cm³/mol. The van der Waals surface area contributed by atoms with Crippen molar-refractivity contribution in [2.75, 3.05) is 5.75 Å². The zero-order chi connectivity index (χ0) is 12.0. The summed E-state index contributed by atoms with van der Waals surface area (Å²) in [5.41, 5.74) is 0. The lowest BCUT2D eigenvalue weighted by Crippen LogP contribution is -2.21. The minimum atomic E-state index is -0.195. The van der Waals surface area contributed by atoms with Crippen molar-refractivity contribution in [2.45, 2.75) is 37.7 Å². The normalized spacial score (nSPS) is 13.1. The highest BCUT2D eigenvalue weighted by atomic mass is 79.9. The van der Waals surface area contributed by atoms with Crippen molar-refractivity contribution >= 4 is 27.7 Å². The fraction of sp³-hybridized carbons (Fsp3) is 0.538. The van der Waals surface area contributed by atoms with Crippen LogP contribution in [0.3, 0.4) is 0 Å². The highest BCUT2D eigenvalue weighted by molar-refractivity contribution is 9.10. The third kappa shape index (κ3) is 4.48. The first-order valence-electron chi connectivity index (χ1n) is 5.73. The van der Waals surface area contributed by atoms with Gasteiger partial charge in [0.2, 0.25) is 0 Å². The van der Waals surface area contributed by atoms with Gasteiger partial charge in [-0.2, -0.15) is 0 Å². The maximum absolute atomic E-state index is 10.0. The third-order valence-corrected chi connectivity index (χ3v) is 4.40. The number of aliphatic hydroxyl groups is 1. The molecule has 0 saturated carbocycles. The number of thioether (sulfide) groups is 1. The van der Waals surface area contributed by atoms with E-state index in [2.05, 4.69) is 41.9 Å². The minimum Gasteiger partial charge on any atom is -0.392 e. The molecule has 0 aromatic heterocycles. The molecule has 16 heavy (non-hydrogen) atoms. The van der Waals surface area contributed by atoms with E-state index in [0.717, 1.165) is 23.1 Å². The molecule has 1 nitrogen and oxygen atoms in total. The zero-order valence-corrected chi connectivity index (χ0v) is 12.2. The van der Waals surface area contributed by atoms with E-state index in [4.69, 9.17) is 0 Å². The third-order valence-electron chi connectivity index (χ3n) is 2.81. The van der Waals surface area contributed by atoms with Crippen molar-refractivity contribution in [3.63, 3.8) is 0 Å². The van der Waals surface area contributed by atoms with Crippen molar-refractivity contribution in [2.24, 2.45) is 5.92 Å². The van der Waals surface area contributed by atoms with Gasteiger partial charge in [0.25, 0.3) is 0 Å². The second kappa shape index (κ2) is 7.36. The van der Waals surface area contributed by atoms with E-state index in [9.17, 15) is 5.11 Å². The predicted octanol–water partition coefficient (Wildman–Crippen LogP) is 4.34. The molecule has 0 heterocycles. The van der Waals surface area contributed by atoms with Crippen molar-refractivity contribution in [3.05, 3.63) is 28.7 Å². The highest BCUT2D eigenvalue weighted by Gasteiger charge is 2.15. The van der Waals surface area contributed by atoms with Crippen molar-refractivity contribution in [3.8, 4) is 0 Å². The van der Waals surface area contributed by atoms with Crippen molar-refractivity contribution in [1.82, 2.24) is 0 Å².